The Labute approximate surface area is 332 Å². The van der Waals surface area contributed by atoms with Crippen molar-refractivity contribution in [2.24, 2.45) is 5.41 Å². The highest BCUT2D eigenvalue weighted by Gasteiger charge is 2.39. The first-order valence-electron chi connectivity index (χ1n) is 18.8. The lowest BCUT2D eigenvalue weighted by Crippen LogP contribution is -2.36. The fourth-order valence-corrected chi connectivity index (χ4v) is 7.44. The van der Waals surface area contributed by atoms with Gasteiger partial charge in [-0.05, 0) is 88.6 Å². The minimum absolute atomic E-state index is 0.0655. The molecule has 0 bridgehead atoms. The molecule has 3 aromatic heterocycles. The van der Waals surface area contributed by atoms with E-state index in [2.05, 4.69) is 37.2 Å². The van der Waals surface area contributed by atoms with E-state index in [9.17, 15) is 23.1 Å². The molecule has 0 spiro atoms. The van der Waals surface area contributed by atoms with Crippen molar-refractivity contribution in [2.45, 2.75) is 104 Å². The summed E-state index contributed by atoms with van der Waals surface area (Å²) >= 11 is 0. The first-order chi connectivity index (χ1) is 26.8. The van der Waals surface area contributed by atoms with Gasteiger partial charge in [-0.2, -0.15) is 4.98 Å². The van der Waals surface area contributed by atoms with Gasteiger partial charge in [0.25, 0.3) is 10.0 Å². The largest absolute Gasteiger partial charge is 0.478 e. The molecule has 1 aliphatic rings. The Kier molecular flexibility index (Phi) is 11.6. The maximum absolute atomic E-state index is 13.5. The Balaban J connectivity index is 1.26. The number of ether oxygens (including phenoxy) is 2. The number of furan rings is 1. The van der Waals surface area contributed by atoms with Gasteiger partial charge in [-0.1, -0.05) is 45.0 Å². The van der Waals surface area contributed by atoms with E-state index < -0.39 is 27.7 Å². The minimum Gasteiger partial charge on any atom is -0.478 e. The zero-order valence-electron chi connectivity index (χ0n) is 33.4. The Morgan fingerprint density at radius 2 is 1.72 bits per heavy atom. The highest BCUT2D eigenvalue weighted by Crippen LogP contribution is 2.49. The van der Waals surface area contributed by atoms with Gasteiger partial charge in [0.05, 0.1) is 28.0 Å². The predicted octanol–water partition coefficient (Wildman–Crippen LogP) is 7.99. The number of carboxylic acid groups (broad SMARTS) is 1. The number of hydrogen-bond acceptors (Lipinski definition) is 12. The first-order valence-corrected chi connectivity index (χ1v) is 20.2. The van der Waals surface area contributed by atoms with Crippen molar-refractivity contribution in [1.82, 2.24) is 25.3 Å². The lowest BCUT2D eigenvalue weighted by molar-refractivity contribution is 0.0633. The van der Waals surface area contributed by atoms with E-state index in [1.807, 2.05) is 45.9 Å². The number of carboxylic acids is 1. The highest BCUT2D eigenvalue weighted by atomic mass is 32.2. The first kappa shape index (κ1) is 41.0. The summed E-state index contributed by atoms with van der Waals surface area (Å²) in [5, 5.41) is 15.8. The van der Waals surface area contributed by atoms with Crippen LogP contribution in [-0.2, 0) is 21.3 Å². The summed E-state index contributed by atoms with van der Waals surface area (Å²) in [6, 6.07) is 12.3. The van der Waals surface area contributed by atoms with Crippen molar-refractivity contribution in [3.05, 3.63) is 82.9 Å². The van der Waals surface area contributed by atoms with Gasteiger partial charge < -0.3 is 24.3 Å². The fraction of sp³-hybridized carbons (Fsp3) is 0.415. The molecule has 3 heterocycles. The van der Waals surface area contributed by atoms with E-state index in [1.54, 1.807) is 33.0 Å². The summed E-state index contributed by atoms with van der Waals surface area (Å²) in [5.41, 5.74) is 4.07. The monoisotopic (exact) mass is 799 g/mol. The zero-order chi connectivity index (χ0) is 41.3. The molecule has 57 heavy (non-hydrogen) atoms. The number of aromatic carboxylic acids is 1. The number of hydrogen-bond donors (Lipinski definition) is 4. The number of anilines is 2. The Hall–Kier alpha value is -5.61. The van der Waals surface area contributed by atoms with Crippen LogP contribution in [0, 0.1) is 19.3 Å². The number of fused-ring (bicyclic) bond motifs is 1. The molecule has 2 aromatic carbocycles. The van der Waals surface area contributed by atoms with Crippen LogP contribution in [0.2, 0.25) is 0 Å². The SMILES string of the molecule is Cc1cccc(C)c1-c1cc(OCC(CC2(C)CC2)NCc2cnc3oc(C(C)C)c(NC(=O)OC(C)(C)C)c3n2)nc(NS(=O)(=O)c2cccc(C(=O)O)c2)n1. The van der Waals surface area contributed by atoms with E-state index in [0.717, 1.165) is 42.0 Å². The molecule has 6 rings (SSSR count). The van der Waals surface area contributed by atoms with Gasteiger partial charge in [0.2, 0.25) is 17.5 Å². The van der Waals surface area contributed by atoms with Crippen LogP contribution in [0.3, 0.4) is 0 Å². The number of nitrogens with zero attached hydrogens (tertiary/aromatic N) is 4. The number of carbonyl (C=O) groups is 2. The lowest BCUT2D eigenvalue weighted by Gasteiger charge is -2.22. The summed E-state index contributed by atoms with van der Waals surface area (Å²) in [6.07, 6.45) is 3.93. The predicted molar refractivity (Wildman–Crippen MR) is 215 cm³/mol. The van der Waals surface area contributed by atoms with Crippen molar-refractivity contribution in [3.63, 3.8) is 0 Å². The summed E-state index contributed by atoms with van der Waals surface area (Å²) in [7, 11) is -4.28. The van der Waals surface area contributed by atoms with Crippen molar-refractivity contribution < 1.29 is 37.0 Å². The van der Waals surface area contributed by atoms with Crippen molar-refractivity contribution >= 4 is 45.0 Å². The summed E-state index contributed by atoms with van der Waals surface area (Å²) in [6.45, 7) is 15.8. The molecule has 1 fully saturated rings. The average molecular weight is 800 g/mol. The minimum atomic E-state index is -4.28. The number of aromatic nitrogens is 4. The van der Waals surface area contributed by atoms with Crippen LogP contribution in [0.5, 0.6) is 5.88 Å². The van der Waals surface area contributed by atoms with E-state index in [-0.39, 0.29) is 46.3 Å². The fourth-order valence-electron chi connectivity index (χ4n) is 6.45. The van der Waals surface area contributed by atoms with Crippen LogP contribution in [0.25, 0.3) is 22.5 Å². The van der Waals surface area contributed by atoms with Crippen LogP contribution >= 0.6 is 0 Å². The van der Waals surface area contributed by atoms with Gasteiger partial charge in [-0.15, -0.1) is 0 Å². The van der Waals surface area contributed by atoms with E-state index in [4.69, 9.17) is 18.9 Å². The number of sulfonamides is 1. The summed E-state index contributed by atoms with van der Waals surface area (Å²) < 4.78 is 47.3. The molecule has 1 aliphatic carbocycles. The highest BCUT2D eigenvalue weighted by molar-refractivity contribution is 7.92. The number of benzene rings is 2. The number of nitrogens with one attached hydrogen (secondary N) is 3. The molecule has 302 valence electrons. The lowest BCUT2D eigenvalue weighted by atomic mass is 9.99. The molecule has 0 saturated heterocycles. The number of carbonyl (C=O) groups excluding carboxylic acids is 1. The van der Waals surface area contributed by atoms with Crippen LogP contribution in [0.15, 0.2) is 64.0 Å². The third kappa shape index (κ3) is 10.2. The average Bonchev–Trinajstić information content (AvgIpc) is 3.75. The smallest absolute Gasteiger partial charge is 0.412 e. The topological polar surface area (TPSA) is 208 Å². The van der Waals surface area contributed by atoms with Crippen LogP contribution in [-0.4, -0.2) is 63.8 Å². The normalized spacial score (nSPS) is 14.3. The Bertz CT molecular complexity index is 2400. The van der Waals surface area contributed by atoms with E-state index in [1.165, 1.54) is 18.2 Å². The second-order valence-electron chi connectivity index (χ2n) is 16.2. The van der Waals surface area contributed by atoms with Gasteiger partial charge in [0.1, 0.15) is 23.7 Å². The molecule has 0 aliphatic heterocycles. The Morgan fingerprint density at radius 3 is 2.37 bits per heavy atom. The van der Waals surface area contributed by atoms with Crippen molar-refractivity contribution in [3.8, 4) is 17.1 Å². The molecule has 16 heteroatoms. The van der Waals surface area contributed by atoms with Crippen molar-refractivity contribution in [2.75, 3.05) is 16.6 Å². The molecule has 15 nitrogen and oxygen atoms in total. The van der Waals surface area contributed by atoms with Gasteiger partial charge in [-0.3, -0.25) is 5.32 Å². The van der Waals surface area contributed by atoms with Gasteiger partial charge >= 0.3 is 12.1 Å². The second-order valence-corrected chi connectivity index (χ2v) is 17.8. The molecule has 4 N–H and O–H groups in total. The maximum atomic E-state index is 13.5. The molecular formula is C41H49N7O8S. The van der Waals surface area contributed by atoms with E-state index in [0.29, 0.717) is 40.6 Å². The van der Waals surface area contributed by atoms with Gasteiger partial charge in [0, 0.05) is 30.1 Å². The molecule has 1 unspecified atom stereocenters. The molecule has 5 aromatic rings. The van der Waals surface area contributed by atoms with Crippen molar-refractivity contribution in [1.29, 1.82) is 0 Å². The molecule has 1 amide bonds. The third-order valence-corrected chi connectivity index (χ3v) is 10.9. The van der Waals surface area contributed by atoms with E-state index >= 15 is 0 Å². The Morgan fingerprint density at radius 1 is 1.02 bits per heavy atom. The van der Waals surface area contributed by atoms with Crippen LogP contribution in [0.4, 0.5) is 16.4 Å². The quantitative estimate of drug-likeness (QED) is 0.0793. The molecule has 1 saturated carbocycles. The molecule has 1 atom stereocenters. The van der Waals surface area contributed by atoms with Crippen LogP contribution < -0.4 is 20.1 Å². The standard InChI is InChI=1S/C41H49N7O8S/c1-23(2)35-33(47-39(51)56-40(5,6)7)34-36(55-35)43-21-28(44-34)20-42-27(19-41(8)15-16-41)22-54-31-18-30(32-24(3)11-9-12-25(32)4)45-38(46-31)48-57(52,53)29-14-10-13-26(17-29)37(49)50/h9-14,17-18,21,23,27,42H,15-16,19-20,22H2,1-8H3,(H,47,51)(H,49,50)(H,45,46,48). The summed E-state index contributed by atoms with van der Waals surface area (Å²) in [4.78, 5) is 42.5. The second kappa shape index (κ2) is 16.1. The summed E-state index contributed by atoms with van der Waals surface area (Å²) in [5.74, 6) is -0.872. The molecular weight excluding hydrogens is 751 g/mol. The number of rotatable bonds is 15. The zero-order valence-corrected chi connectivity index (χ0v) is 34.2. The third-order valence-electron chi connectivity index (χ3n) is 9.53. The number of aryl methyl sites for hydroxylation is 2. The maximum Gasteiger partial charge on any atom is 0.412 e. The van der Waals surface area contributed by atoms with Gasteiger partial charge in [0.15, 0.2) is 5.52 Å². The molecule has 0 radical (unpaired) electrons. The van der Waals surface area contributed by atoms with Gasteiger partial charge in [-0.25, -0.2) is 37.7 Å². The van der Waals surface area contributed by atoms with Crippen LogP contribution in [0.1, 0.15) is 99.7 Å². The number of amides is 1.